The lowest BCUT2D eigenvalue weighted by Gasteiger charge is -2.36. The van der Waals surface area contributed by atoms with E-state index in [1.165, 1.54) is 89.9 Å². The van der Waals surface area contributed by atoms with E-state index in [0.29, 0.717) is 6.61 Å². The summed E-state index contributed by atoms with van der Waals surface area (Å²) in [5.74, 6) is 0. The Labute approximate surface area is 191 Å². The maximum atomic E-state index is 10.0. The third-order valence-corrected chi connectivity index (χ3v) is 6.25. The number of rotatable bonds is 20. The summed E-state index contributed by atoms with van der Waals surface area (Å²) in [5.41, 5.74) is 0. The van der Waals surface area contributed by atoms with Gasteiger partial charge >= 0.3 is 0 Å². The Morgan fingerprint density at radius 2 is 1.26 bits per heavy atom. The first-order chi connectivity index (χ1) is 15.2. The Morgan fingerprint density at radius 3 is 1.81 bits per heavy atom. The Morgan fingerprint density at radius 1 is 0.742 bits per heavy atom. The summed E-state index contributed by atoms with van der Waals surface area (Å²) in [6.45, 7) is 2.77. The molecule has 1 fully saturated rings. The molecular formula is C26H50O5. The minimum absolute atomic E-state index is 0.221. The maximum Gasteiger partial charge on any atom is 0.111 e. The molecule has 0 spiro atoms. The Balaban J connectivity index is 1.80. The predicted molar refractivity (Wildman–Crippen MR) is 127 cm³/mol. The average molecular weight is 443 g/mol. The van der Waals surface area contributed by atoms with Gasteiger partial charge in [0.2, 0.25) is 0 Å². The van der Waals surface area contributed by atoms with Crippen LogP contribution in [0.5, 0.6) is 0 Å². The van der Waals surface area contributed by atoms with Crippen LogP contribution in [0.2, 0.25) is 0 Å². The lowest BCUT2D eigenvalue weighted by atomic mass is 10.0. The number of ether oxygens (including phenoxy) is 2. The average Bonchev–Trinajstić information content (AvgIpc) is 2.78. The highest BCUT2D eigenvalue weighted by Crippen LogP contribution is 2.18. The molecule has 0 saturated carbocycles. The number of hydrogen-bond donors (Lipinski definition) is 3. The zero-order chi connectivity index (χ0) is 22.6. The van der Waals surface area contributed by atoms with Crippen molar-refractivity contribution in [3.63, 3.8) is 0 Å². The minimum Gasteiger partial charge on any atom is -0.394 e. The van der Waals surface area contributed by atoms with Crippen LogP contribution in [0, 0.1) is 0 Å². The van der Waals surface area contributed by atoms with E-state index in [9.17, 15) is 10.2 Å². The molecule has 0 aromatic carbocycles. The normalized spacial score (nSPS) is 24.3. The molecule has 5 heteroatoms. The van der Waals surface area contributed by atoms with E-state index >= 15 is 0 Å². The van der Waals surface area contributed by atoms with E-state index in [1.54, 1.807) is 0 Å². The first kappa shape index (κ1) is 28.6. The summed E-state index contributed by atoms with van der Waals surface area (Å²) in [4.78, 5) is 0. The van der Waals surface area contributed by atoms with Crippen LogP contribution in [-0.2, 0) is 9.47 Å². The molecule has 0 unspecified atom stereocenters. The topological polar surface area (TPSA) is 79.2 Å². The molecule has 0 aromatic rings. The van der Waals surface area contributed by atoms with Gasteiger partial charge in [-0.15, -0.1) is 0 Å². The largest absolute Gasteiger partial charge is 0.394 e. The van der Waals surface area contributed by atoms with Gasteiger partial charge in [-0.3, -0.25) is 0 Å². The summed E-state index contributed by atoms with van der Waals surface area (Å²) in [6, 6.07) is 0. The highest BCUT2D eigenvalue weighted by molar-refractivity contribution is 4.87. The van der Waals surface area contributed by atoms with Gasteiger partial charge in [0.25, 0.3) is 0 Å². The molecule has 1 aliphatic rings. The van der Waals surface area contributed by atoms with Crippen LogP contribution in [0.4, 0.5) is 0 Å². The van der Waals surface area contributed by atoms with Gasteiger partial charge in [-0.25, -0.2) is 0 Å². The third-order valence-electron chi connectivity index (χ3n) is 6.25. The molecule has 1 heterocycles. The summed E-state index contributed by atoms with van der Waals surface area (Å²) in [7, 11) is 0. The maximum absolute atomic E-state index is 10.0. The van der Waals surface area contributed by atoms with Gasteiger partial charge in [-0.1, -0.05) is 89.7 Å². The van der Waals surface area contributed by atoms with E-state index in [-0.39, 0.29) is 13.2 Å². The highest BCUT2D eigenvalue weighted by Gasteiger charge is 2.38. The fraction of sp³-hybridized carbons (Fsp3) is 0.923. The van der Waals surface area contributed by atoms with Crippen LogP contribution in [0.15, 0.2) is 12.2 Å². The first-order valence-electron chi connectivity index (χ1n) is 13.1. The molecule has 0 radical (unpaired) electrons. The van der Waals surface area contributed by atoms with Crippen LogP contribution in [0.3, 0.4) is 0 Å². The zero-order valence-electron chi connectivity index (χ0n) is 20.1. The van der Waals surface area contributed by atoms with Crippen molar-refractivity contribution in [3.05, 3.63) is 12.2 Å². The van der Waals surface area contributed by atoms with Crippen molar-refractivity contribution in [3.8, 4) is 0 Å². The van der Waals surface area contributed by atoms with Crippen LogP contribution in [0.25, 0.3) is 0 Å². The van der Waals surface area contributed by atoms with Crippen LogP contribution in [0.1, 0.15) is 110 Å². The summed E-state index contributed by atoms with van der Waals surface area (Å²) >= 11 is 0. The molecule has 0 aliphatic carbocycles. The number of aliphatic hydroxyl groups is 3. The van der Waals surface area contributed by atoms with Gasteiger partial charge < -0.3 is 24.8 Å². The lowest BCUT2D eigenvalue weighted by molar-refractivity contribution is -0.208. The van der Waals surface area contributed by atoms with E-state index in [0.717, 1.165) is 12.8 Å². The van der Waals surface area contributed by atoms with Crippen molar-refractivity contribution in [2.24, 2.45) is 0 Å². The second kappa shape index (κ2) is 20.2. The van der Waals surface area contributed by atoms with Gasteiger partial charge in [0.05, 0.1) is 13.2 Å². The molecular weight excluding hydrogens is 392 g/mol. The van der Waals surface area contributed by atoms with Crippen LogP contribution in [-0.4, -0.2) is 59.6 Å². The fourth-order valence-electron chi connectivity index (χ4n) is 4.10. The van der Waals surface area contributed by atoms with Crippen molar-refractivity contribution in [1.29, 1.82) is 0 Å². The van der Waals surface area contributed by atoms with Gasteiger partial charge in [-0.2, -0.15) is 0 Å². The second-order valence-corrected chi connectivity index (χ2v) is 9.09. The van der Waals surface area contributed by atoms with Gasteiger partial charge in [-0.05, 0) is 32.1 Å². The number of unbranched alkanes of at least 4 members (excludes halogenated alkanes) is 14. The van der Waals surface area contributed by atoms with Crippen molar-refractivity contribution < 1.29 is 24.8 Å². The van der Waals surface area contributed by atoms with E-state index < -0.39 is 24.4 Å². The quantitative estimate of drug-likeness (QED) is 0.176. The van der Waals surface area contributed by atoms with E-state index in [1.807, 2.05) is 0 Å². The number of aliphatic hydroxyl groups excluding tert-OH is 3. The smallest absolute Gasteiger partial charge is 0.111 e. The standard InChI is InChI=1S/C26H50O5/c1-2-3-4-5-6-7-8-9-10-11-12-13-14-15-16-17-18-19-20-30-24-22-31-23(21-27)25(28)26(24)29/h7-8,23-29H,2-6,9-22H2,1H3/b8-7+/t23-,24+,25-,26-/m1/s1. The Hall–Kier alpha value is -0.460. The molecule has 4 atom stereocenters. The molecule has 1 rings (SSSR count). The Kier molecular flexibility index (Phi) is 18.6. The van der Waals surface area contributed by atoms with E-state index in [4.69, 9.17) is 14.6 Å². The number of hydrogen-bond acceptors (Lipinski definition) is 5. The van der Waals surface area contributed by atoms with Crippen molar-refractivity contribution in [2.45, 2.75) is 134 Å². The van der Waals surface area contributed by atoms with Gasteiger partial charge in [0, 0.05) is 6.61 Å². The van der Waals surface area contributed by atoms with Crippen molar-refractivity contribution in [1.82, 2.24) is 0 Å². The lowest BCUT2D eigenvalue weighted by Crippen LogP contribution is -2.55. The van der Waals surface area contributed by atoms with Crippen molar-refractivity contribution in [2.75, 3.05) is 19.8 Å². The fourth-order valence-corrected chi connectivity index (χ4v) is 4.10. The zero-order valence-corrected chi connectivity index (χ0v) is 20.1. The molecule has 1 saturated heterocycles. The van der Waals surface area contributed by atoms with Crippen LogP contribution >= 0.6 is 0 Å². The monoisotopic (exact) mass is 442 g/mol. The van der Waals surface area contributed by atoms with Gasteiger partial charge in [0.1, 0.15) is 24.4 Å². The second-order valence-electron chi connectivity index (χ2n) is 9.09. The minimum atomic E-state index is -1.08. The van der Waals surface area contributed by atoms with E-state index in [2.05, 4.69) is 19.1 Å². The molecule has 5 nitrogen and oxygen atoms in total. The Bertz CT molecular complexity index is 415. The first-order valence-corrected chi connectivity index (χ1v) is 13.1. The molecule has 31 heavy (non-hydrogen) atoms. The molecule has 0 amide bonds. The SMILES string of the molecule is CCCCCC/C=C/CCCCCCCCCCCCO[C@H]1CO[C@H](CO)[C@@H](O)[C@@H]1O. The molecule has 1 aliphatic heterocycles. The summed E-state index contributed by atoms with van der Waals surface area (Å²) in [6.07, 6.45) is 22.1. The molecule has 0 aromatic heterocycles. The van der Waals surface area contributed by atoms with Gasteiger partial charge in [0.15, 0.2) is 0 Å². The van der Waals surface area contributed by atoms with Crippen molar-refractivity contribution >= 4 is 0 Å². The predicted octanol–water partition coefficient (Wildman–Crippen LogP) is 5.30. The van der Waals surface area contributed by atoms with Crippen LogP contribution < -0.4 is 0 Å². The molecule has 184 valence electrons. The third kappa shape index (κ3) is 14.3. The molecule has 0 bridgehead atoms. The summed E-state index contributed by atoms with van der Waals surface area (Å²) in [5, 5.41) is 28.9. The number of allylic oxidation sites excluding steroid dienone is 2. The molecule has 3 N–H and O–H groups in total. The highest BCUT2D eigenvalue weighted by atomic mass is 16.6. The summed E-state index contributed by atoms with van der Waals surface area (Å²) < 4.78 is 11.0.